The molecule has 1 N–H and O–H groups in total. The lowest BCUT2D eigenvalue weighted by Crippen LogP contribution is -2.25. The van der Waals surface area contributed by atoms with Gasteiger partial charge in [0.25, 0.3) is 0 Å². The van der Waals surface area contributed by atoms with E-state index >= 15 is 0 Å². The molecule has 0 aliphatic heterocycles. The molecule has 110 valence electrons. The monoisotopic (exact) mass is 329 g/mol. The molecule has 0 spiro atoms. The van der Waals surface area contributed by atoms with E-state index in [2.05, 4.69) is 58.7 Å². The predicted octanol–water partition coefficient (Wildman–Crippen LogP) is 4.53. The largest absolute Gasteiger partial charge is 0.309 e. The van der Waals surface area contributed by atoms with E-state index in [0.29, 0.717) is 6.04 Å². The summed E-state index contributed by atoms with van der Waals surface area (Å²) in [5, 5.41) is 8.17. The Hall–Kier alpha value is -0.350. The zero-order valence-electron chi connectivity index (χ0n) is 12.7. The zero-order chi connectivity index (χ0) is 14.3. The van der Waals surface area contributed by atoms with Crippen molar-refractivity contribution in [3.05, 3.63) is 16.4 Å². The van der Waals surface area contributed by atoms with Gasteiger partial charge >= 0.3 is 0 Å². The van der Waals surface area contributed by atoms with E-state index in [-0.39, 0.29) is 0 Å². The average Bonchev–Trinajstić information content (AvgIpc) is 2.72. The summed E-state index contributed by atoms with van der Waals surface area (Å²) in [7, 11) is 0. The summed E-state index contributed by atoms with van der Waals surface area (Å²) in [5.41, 5.74) is 1.32. The van der Waals surface area contributed by atoms with Gasteiger partial charge in [0.05, 0.1) is 22.4 Å². The number of rotatable bonds is 9. The van der Waals surface area contributed by atoms with Gasteiger partial charge in [0.1, 0.15) is 0 Å². The van der Waals surface area contributed by atoms with Gasteiger partial charge in [-0.25, -0.2) is 0 Å². The van der Waals surface area contributed by atoms with Crippen LogP contribution in [0, 0.1) is 5.92 Å². The van der Waals surface area contributed by atoms with Crippen LogP contribution < -0.4 is 5.32 Å². The number of aryl methyl sites for hydroxylation is 1. The van der Waals surface area contributed by atoms with Crippen LogP contribution in [0.25, 0.3) is 0 Å². The van der Waals surface area contributed by atoms with E-state index in [1.165, 1.54) is 18.5 Å². The van der Waals surface area contributed by atoms with Crippen molar-refractivity contribution < 1.29 is 0 Å². The van der Waals surface area contributed by atoms with Crippen LogP contribution in [0.1, 0.15) is 65.1 Å². The smallest absolute Gasteiger partial charge is 0.0695 e. The molecule has 0 aromatic carbocycles. The first-order valence-electron chi connectivity index (χ1n) is 7.54. The van der Waals surface area contributed by atoms with Crippen molar-refractivity contribution in [2.45, 2.75) is 66.0 Å². The predicted molar refractivity (Wildman–Crippen MR) is 85.3 cm³/mol. The van der Waals surface area contributed by atoms with E-state index in [0.717, 1.165) is 36.3 Å². The van der Waals surface area contributed by atoms with Crippen molar-refractivity contribution >= 4 is 15.9 Å². The van der Waals surface area contributed by atoms with E-state index < -0.39 is 0 Å². The Morgan fingerprint density at radius 3 is 2.58 bits per heavy atom. The van der Waals surface area contributed by atoms with Gasteiger partial charge in [0.15, 0.2) is 0 Å². The second-order valence-corrected chi connectivity index (χ2v) is 6.43. The van der Waals surface area contributed by atoms with Crippen LogP contribution in [0.3, 0.4) is 0 Å². The van der Waals surface area contributed by atoms with Gasteiger partial charge in [-0.15, -0.1) is 0 Å². The molecule has 0 bridgehead atoms. The molecule has 4 heteroatoms. The Morgan fingerprint density at radius 1 is 1.26 bits per heavy atom. The number of halogens is 1. The molecule has 0 amide bonds. The van der Waals surface area contributed by atoms with Crippen LogP contribution in [0.5, 0.6) is 0 Å². The van der Waals surface area contributed by atoms with E-state index in [1.54, 1.807) is 0 Å². The molecule has 0 aliphatic rings. The molecule has 0 fully saturated rings. The van der Waals surface area contributed by atoms with E-state index in [4.69, 9.17) is 0 Å². The fourth-order valence-electron chi connectivity index (χ4n) is 2.26. The molecule has 19 heavy (non-hydrogen) atoms. The molecule has 0 saturated carbocycles. The summed E-state index contributed by atoms with van der Waals surface area (Å²) in [6, 6.07) is 0.408. The van der Waals surface area contributed by atoms with E-state index in [1.807, 2.05) is 6.20 Å². The molecule has 0 radical (unpaired) electrons. The highest BCUT2D eigenvalue weighted by Gasteiger charge is 2.19. The van der Waals surface area contributed by atoms with Gasteiger partial charge in [-0.3, -0.25) is 4.68 Å². The van der Waals surface area contributed by atoms with Crippen molar-refractivity contribution in [3.8, 4) is 0 Å². The number of hydrogen-bond acceptors (Lipinski definition) is 2. The van der Waals surface area contributed by atoms with Crippen LogP contribution in [0.4, 0.5) is 0 Å². The van der Waals surface area contributed by atoms with Gasteiger partial charge in [-0.1, -0.05) is 27.7 Å². The standard InChI is InChI=1S/C15H28BrN3/c1-5-9-17-14(8-7-12(3)4)15-13(16)11-18-19(15)10-6-2/h11-12,14,17H,5-10H2,1-4H3. The van der Waals surface area contributed by atoms with E-state index in [9.17, 15) is 0 Å². The number of hydrogen-bond donors (Lipinski definition) is 1. The summed E-state index contributed by atoms with van der Waals surface area (Å²) >= 11 is 3.66. The van der Waals surface area contributed by atoms with Crippen molar-refractivity contribution in [3.63, 3.8) is 0 Å². The average molecular weight is 330 g/mol. The van der Waals surface area contributed by atoms with Gasteiger partial charge in [0, 0.05) is 6.54 Å². The third-order valence-corrected chi connectivity index (χ3v) is 3.88. The van der Waals surface area contributed by atoms with Crippen molar-refractivity contribution in [1.82, 2.24) is 15.1 Å². The summed E-state index contributed by atoms with van der Waals surface area (Å²) in [6.07, 6.45) is 6.63. The highest BCUT2D eigenvalue weighted by Crippen LogP contribution is 2.28. The van der Waals surface area contributed by atoms with Gasteiger partial charge in [0.2, 0.25) is 0 Å². The third-order valence-electron chi connectivity index (χ3n) is 3.27. The quantitative estimate of drug-likeness (QED) is 0.721. The molecular formula is C15H28BrN3. The maximum atomic E-state index is 4.49. The molecular weight excluding hydrogens is 302 g/mol. The van der Waals surface area contributed by atoms with Gasteiger partial charge in [-0.05, 0) is 54.1 Å². The molecule has 1 atom stereocenters. The lowest BCUT2D eigenvalue weighted by Gasteiger charge is -2.21. The summed E-state index contributed by atoms with van der Waals surface area (Å²) in [6.45, 7) is 11.0. The Balaban J connectivity index is 2.84. The molecule has 0 saturated heterocycles. The topological polar surface area (TPSA) is 29.9 Å². The number of nitrogens with one attached hydrogen (secondary N) is 1. The minimum absolute atomic E-state index is 0.408. The second-order valence-electron chi connectivity index (χ2n) is 5.58. The normalized spacial score (nSPS) is 13.2. The van der Waals surface area contributed by atoms with Crippen molar-refractivity contribution in [2.24, 2.45) is 5.92 Å². The molecule has 1 heterocycles. The highest BCUT2D eigenvalue weighted by molar-refractivity contribution is 9.10. The maximum Gasteiger partial charge on any atom is 0.0695 e. The molecule has 1 aromatic rings. The van der Waals surface area contributed by atoms with Gasteiger partial charge < -0.3 is 5.32 Å². The SMILES string of the molecule is CCCNC(CCC(C)C)c1c(Br)cnn1CCC. The van der Waals surface area contributed by atoms with Crippen molar-refractivity contribution in [2.75, 3.05) is 6.54 Å². The van der Waals surface area contributed by atoms with Crippen LogP contribution in [0.2, 0.25) is 0 Å². The minimum Gasteiger partial charge on any atom is -0.309 e. The highest BCUT2D eigenvalue weighted by atomic mass is 79.9. The summed E-state index contributed by atoms with van der Waals surface area (Å²) in [4.78, 5) is 0. The Morgan fingerprint density at radius 2 is 2.00 bits per heavy atom. The molecule has 3 nitrogen and oxygen atoms in total. The molecule has 1 aromatic heterocycles. The summed E-state index contributed by atoms with van der Waals surface area (Å²) < 4.78 is 3.29. The molecule has 1 rings (SSSR count). The Bertz CT molecular complexity index is 360. The Kier molecular flexibility index (Phi) is 7.69. The first-order valence-corrected chi connectivity index (χ1v) is 8.34. The van der Waals surface area contributed by atoms with Gasteiger partial charge in [-0.2, -0.15) is 5.10 Å². The number of nitrogens with zero attached hydrogens (tertiary/aromatic N) is 2. The zero-order valence-corrected chi connectivity index (χ0v) is 14.3. The lowest BCUT2D eigenvalue weighted by molar-refractivity contribution is 0.410. The molecule has 1 unspecified atom stereocenters. The first kappa shape index (κ1) is 16.7. The minimum atomic E-state index is 0.408. The lowest BCUT2D eigenvalue weighted by atomic mass is 10.0. The maximum absolute atomic E-state index is 4.49. The fourth-order valence-corrected chi connectivity index (χ4v) is 2.83. The Labute approximate surface area is 126 Å². The van der Waals surface area contributed by atoms with Crippen LogP contribution in [0.15, 0.2) is 10.7 Å². The fraction of sp³-hybridized carbons (Fsp3) is 0.800. The van der Waals surface area contributed by atoms with Crippen LogP contribution in [-0.4, -0.2) is 16.3 Å². The third kappa shape index (κ3) is 5.27. The first-order chi connectivity index (χ1) is 9.10. The van der Waals surface area contributed by atoms with Crippen molar-refractivity contribution in [1.29, 1.82) is 0 Å². The second kappa shape index (κ2) is 8.75. The summed E-state index contributed by atoms with van der Waals surface area (Å²) in [5.74, 6) is 0.743. The number of aromatic nitrogens is 2. The van der Waals surface area contributed by atoms with Crippen LogP contribution in [-0.2, 0) is 6.54 Å². The molecule has 0 aliphatic carbocycles. The van der Waals surface area contributed by atoms with Crippen LogP contribution >= 0.6 is 15.9 Å².